The summed E-state index contributed by atoms with van der Waals surface area (Å²) in [6, 6.07) is 7.64. The van der Waals surface area contributed by atoms with Gasteiger partial charge in [-0.1, -0.05) is 17.7 Å². The van der Waals surface area contributed by atoms with Gasteiger partial charge in [0.1, 0.15) is 10.9 Å². The summed E-state index contributed by atoms with van der Waals surface area (Å²) in [4.78, 5) is 16.0. The first-order valence-electron chi connectivity index (χ1n) is 6.30. The number of pyridine rings is 1. The van der Waals surface area contributed by atoms with Crippen molar-refractivity contribution in [2.45, 2.75) is 6.61 Å². The maximum absolute atomic E-state index is 12.5. The number of alkyl halides is 2. The minimum atomic E-state index is -2.97. The monoisotopic (exact) mass is 355 g/mol. The fraction of sp³-hybridized carbons (Fsp3) is 0.0714. The molecule has 118 valence electrons. The summed E-state index contributed by atoms with van der Waals surface area (Å²) in [5.41, 5.74) is 0.266. The zero-order chi connectivity index (χ0) is 16.4. The third-order valence-corrected chi connectivity index (χ3v) is 3.93. The smallest absolute Gasteiger partial charge is 0.387 e. The van der Waals surface area contributed by atoms with Crippen molar-refractivity contribution in [2.75, 3.05) is 5.32 Å². The lowest BCUT2D eigenvalue weighted by Gasteiger charge is -2.07. The highest BCUT2D eigenvalue weighted by atomic mass is 35.5. The molecular formula is C14H8ClF2N3O2S. The molecule has 23 heavy (non-hydrogen) atoms. The quantitative estimate of drug-likeness (QED) is 0.712. The van der Waals surface area contributed by atoms with Gasteiger partial charge in [-0.25, -0.2) is 4.98 Å². The van der Waals surface area contributed by atoms with Gasteiger partial charge in [0.15, 0.2) is 5.82 Å². The van der Waals surface area contributed by atoms with E-state index in [0.29, 0.717) is 10.1 Å². The van der Waals surface area contributed by atoms with Crippen LogP contribution in [0.5, 0.6) is 5.75 Å². The molecule has 0 bridgehead atoms. The summed E-state index contributed by atoms with van der Waals surface area (Å²) < 4.78 is 34.2. The van der Waals surface area contributed by atoms with Crippen LogP contribution in [0.2, 0.25) is 5.15 Å². The van der Waals surface area contributed by atoms with Crippen molar-refractivity contribution in [2.24, 2.45) is 0 Å². The Bertz CT molecular complexity index is 855. The average molecular weight is 356 g/mol. The van der Waals surface area contributed by atoms with Crippen molar-refractivity contribution in [3.05, 3.63) is 47.2 Å². The van der Waals surface area contributed by atoms with E-state index < -0.39 is 12.5 Å². The lowest BCUT2D eigenvalue weighted by atomic mass is 10.2. The predicted octanol–water partition coefficient (Wildman–Crippen LogP) is 4.20. The first-order chi connectivity index (χ1) is 11.0. The SMILES string of the molecule is O=C(Nc1nsc2cccc(OC(F)F)c12)c1ccc(Cl)nc1. The molecule has 0 aliphatic heterocycles. The highest BCUT2D eigenvalue weighted by Crippen LogP contribution is 2.35. The molecule has 1 amide bonds. The van der Waals surface area contributed by atoms with Crippen LogP contribution in [-0.4, -0.2) is 21.9 Å². The van der Waals surface area contributed by atoms with Crippen molar-refractivity contribution in [3.8, 4) is 5.75 Å². The molecule has 0 saturated carbocycles. The van der Waals surface area contributed by atoms with Crippen LogP contribution < -0.4 is 10.1 Å². The number of halogens is 3. The second-order valence-electron chi connectivity index (χ2n) is 4.36. The standard InChI is InChI=1S/C14H8ClF2N3O2S/c15-10-5-4-7(6-18-10)13(21)19-12-11-8(22-14(16)17)2-1-3-9(11)23-20-12/h1-6,14H,(H,19,20,21). The number of fused-ring (bicyclic) bond motifs is 1. The Balaban J connectivity index is 1.93. The lowest BCUT2D eigenvalue weighted by Crippen LogP contribution is -2.12. The Morgan fingerprint density at radius 1 is 1.30 bits per heavy atom. The number of nitrogens with zero attached hydrogens (tertiary/aromatic N) is 2. The highest BCUT2D eigenvalue weighted by Gasteiger charge is 2.17. The maximum Gasteiger partial charge on any atom is 0.387 e. The molecule has 0 spiro atoms. The van der Waals surface area contributed by atoms with E-state index in [4.69, 9.17) is 11.6 Å². The van der Waals surface area contributed by atoms with Crippen LogP contribution in [0.4, 0.5) is 14.6 Å². The Morgan fingerprint density at radius 2 is 2.13 bits per heavy atom. The van der Waals surface area contributed by atoms with Crippen LogP contribution in [0.3, 0.4) is 0 Å². The van der Waals surface area contributed by atoms with Gasteiger partial charge in [-0.2, -0.15) is 13.2 Å². The van der Waals surface area contributed by atoms with Gasteiger partial charge in [0.2, 0.25) is 0 Å². The van der Waals surface area contributed by atoms with Crippen molar-refractivity contribution in [1.29, 1.82) is 0 Å². The molecule has 0 fully saturated rings. The van der Waals surface area contributed by atoms with E-state index >= 15 is 0 Å². The summed E-state index contributed by atoms with van der Waals surface area (Å²) in [5, 5.41) is 3.15. The molecule has 0 aliphatic carbocycles. The van der Waals surface area contributed by atoms with Crippen molar-refractivity contribution in [3.63, 3.8) is 0 Å². The summed E-state index contributed by atoms with van der Waals surface area (Å²) >= 11 is 6.73. The van der Waals surface area contributed by atoms with Crippen LogP contribution >= 0.6 is 23.1 Å². The molecule has 2 aromatic heterocycles. The number of ether oxygens (including phenoxy) is 1. The van der Waals surface area contributed by atoms with E-state index in [2.05, 4.69) is 19.4 Å². The van der Waals surface area contributed by atoms with Crippen molar-refractivity contribution >= 4 is 44.9 Å². The zero-order valence-electron chi connectivity index (χ0n) is 11.3. The zero-order valence-corrected chi connectivity index (χ0v) is 12.9. The summed E-state index contributed by atoms with van der Waals surface area (Å²) in [6.07, 6.45) is 1.31. The van der Waals surface area contributed by atoms with Crippen LogP contribution in [0.25, 0.3) is 10.1 Å². The predicted molar refractivity (Wildman–Crippen MR) is 83.5 cm³/mol. The highest BCUT2D eigenvalue weighted by molar-refractivity contribution is 7.13. The molecule has 5 nitrogen and oxygen atoms in total. The molecule has 0 radical (unpaired) electrons. The fourth-order valence-corrected chi connectivity index (χ4v) is 2.80. The number of rotatable bonds is 4. The van der Waals surface area contributed by atoms with E-state index in [1.165, 1.54) is 24.4 Å². The van der Waals surface area contributed by atoms with Crippen molar-refractivity contribution < 1.29 is 18.3 Å². The largest absolute Gasteiger partial charge is 0.434 e. The van der Waals surface area contributed by atoms with Gasteiger partial charge in [0.25, 0.3) is 5.91 Å². The summed E-state index contributed by atoms with van der Waals surface area (Å²) in [5.74, 6) is -0.370. The first-order valence-corrected chi connectivity index (χ1v) is 7.46. The van der Waals surface area contributed by atoms with Crippen molar-refractivity contribution in [1.82, 2.24) is 9.36 Å². The molecule has 1 N–H and O–H groups in total. The molecule has 0 unspecified atom stereocenters. The third-order valence-electron chi connectivity index (χ3n) is 2.90. The van der Waals surface area contributed by atoms with E-state index in [1.54, 1.807) is 12.1 Å². The van der Waals surface area contributed by atoms with E-state index in [-0.39, 0.29) is 22.3 Å². The molecular weight excluding hydrogens is 348 g/mol. The van der Waals surface area contributed by atoms with E-state index in [9.17, 15) is 13.6 Å². The van der Waals surface area contributed by atoms with Gasteiger partial charge in [0.05, 0.1) is 15.6 Å². The van der Waals surface area contributed by atoms with Crippen LogP contribution in [0.15, 0.2) is 36.5 Å². The number of aromatic nitrogens is 2. The first kappa shape index (κ1) is 15.6. The molecule has 1 aromatic carbocycles. The summed E-state index contributed by atoms with van der Waals surface area (Å²) in [6.45, 7) is -2.97. The maximum atomic E-state index is 12.5. The minimum absolute atomic E-state index is 0.0456. The van der Waals surface area contributed by atoms with Gasteiger partial charge in [-0.05, 0) is 35.8 Å². The molecule has 0 aliphatic rings. The number of carbonyl (C=O) groups is 1. The minimum Gasteiger partial charge on any atom is -0.434 e. The summed E-state index contributed by atoms with van der Waals surface area (Å²) in [7, 11) is 0. The molecule has 2 heterocycles. The molecule has 9 heteroatoms. The van der Waals surface area contributed by atoms with Gasteiger partial charge >= 0.3 is 6.61 Å². The normalized spacial score (nSPS) is 11.0. The molecule has 3 rings (SSSR count). The van der Waals surface area contributed by atoms with E-state index in [0.717, 1.165) is 11.5 Å². The fourth-order valence-electron chi connectivity index (χ4n) is 1.93. The Labute approximate surface area is 138 Å². The van der Waals surface area contributed by atoms with Gasteiger partial charge in [-0.3, -0.25) is 4.79 Å². The molecule has 3 aromatic rings. The van der Waals surface area contributed by atoms with Gasteiger partial charge in [0, 0.05) is 6.20 Å². The Hall–Kier alpha value is -2.32. The third kappa shape index (κ3) is 3.38. The second-order valence-corrected chi connectivity index (χ2v) is 5.55. The number of benzene rings is 1. The Kier molecular flexibility index (Phi) is 4.35. The number of carbonyl (C=O) groups excluding carboxylic acids is 1. The van der Waals surface area contributed by atoms with E-state index in [1.807, 2.05) is 0 Å². The number of hydrogen-bond acceptors (Lipinski definition) is 5. The number of nitrogens with one attached hydrogen (secondary N) is 1. The second kappa shape index (κ2) is 6.43. The lowest BCUT2D eigenvalue weighted by molar-refractivity contribution is -0.0487. The number of hydrogen-bond donors (Lipinski definition) is 1. The number of anilines is 1. The molecule has 0 atom stereocenters. The Morgan fingerprint density at radius 3 is 2.83 bits per heavy atom. The molecule has 0 saturated heterocycles. The van der Waals surface area contributed by atoms with Gasteiger partial charge < -0.3 is 10.1 Å². The average Bonchev–Trinajstić information content (AvgIpc) is 2.91. The van der Waals surface area contributed by atoms with Crippen LogP contribution in [0, 0.1) is 0 Å². The van der Waals surface area contributed by atoms with Crippen LogP contribution in [0.1, 0.15) is 10.4 Å². The van der Waals surface area contributed by atoms with Crippen LogP contribution in [-0.2, 0) is 0 Å². The van der Waals surface area contributed by atoms with Gasteiger partial charge in [-0.15, -0.1) is 0 Å². The number of amides is 1. The topological polar surface area (TPSA) is 64.1 Å².